The van der Waals surface area contributed by atoms with E-state index in [0.717, 1.165) is 31.5 Å². The number of carbonyl (C=O) groups is 1. The molecule has 0 aromatic carbocycles. The number of hydrogen-bond donors (Lipinski definition) is 3. The lowest BCUT2D eigenvalue weighted by Crippen LogP contribution is -2.45. The van der Waals surface area contributed by atoms with Gasteiger partial charge in [-0.2, -0.15) is 5.10 Å². The van der Waals surface area contributed by atoms with Crippen LogP contribution in [0, 0.1) is 5.92 Å². The van der Waals surface area contributed by atoms with E-state index in [2.05, 4.69) is 15.7 Å². The molecule has 1 aromatic heterocycles. The van der Waals surface area contributed by atoms with E-state index < -0.39 is 0 Å². The molecule has 124 valence electrons. The molecule has 6 heteroatoms. The highest BCUT2D eigenvalue weighted by Gasteiger charge is 2.29. The number of hydrogen-bond acceptors (Lipinski definition) is 4. The fourth-order valence-electron chi connectivity index (χ4n) is 3.22. The Hall–Kier alpha value is -1.40. The van der Waals surface area contributed by atoms with Gasteiger partial charge < -0.3 is 15.7 Å². The van der Waals surface area contributed by atoms with Gasteiger partial charge in [0, 0.05) is 24.8 Å². The molecule has 2 rings (SSSR count). The van der Waals surface area contributed by atoms with Crippen LogP contribution >= 0.6 is 0 Å². The molecule has 1 saturated carbocycles. The molecule has 1 aromatic rings. The summed E-state index contributed by atoms with van der Waals surface area (Å²) in [6.45, 7) is 6.17. The van der Waals surface area contributed by atoms with Crippen molar-refractivity contribution in [3.8, 4) is 0 Å². The van der Waals surface area contributed by atoms with E-state index in [9.17, 15) is 4.79 Å². The third-order valence-corrected chi connectivity index (χ3v) is 4.43. The SMILES string of the molecule is CC(C)n1nccc1NC(=O)[C@H](C)N[C@H]1CCC[C@@H]1CCO. The van der Waals surface area contributed by atoms with Crippen molar-refractivity contribution >= 4 is 11.7 Å². The van der Waals surface area contributed by atoms with Gasteiger partial charge in [-0.1, -0.05) is 6.42 Å². The van der Waals surface area contributed by atoms with Crippen LogP contribution in [0.15, 0.2) is 12.3 Å². The van der Waals surface area contributed by atoms with Gasteiger partial charge in [-0.15, -0.1) is 0 Å². The number of aromatic nitrogens is 2. The van der Waals surface area contributed by atoms with Crippen molar-refractivity contribution in [2.45, 2.75) is 64.6 Å². The van der Waals surface area contributed by atoms with E-state index in [1.807, 2.05) is 26.8 Å². The molecule has 1 aliphatic rings. The molecule has 0 spiro atoms. The predicted molar refractivity (Wildman–Crippen MR) is 86.7 cm³/mol. The van der Waals surface area contributed by atoms with Gasteiger partial charge in [0.1, 0.15) is 5.82 Å². The lowest BCUT2D eigenvalue weighted by Gasteiger charge is -2.24. The second-order valence-corrected chi connectivity index (χ2v) is 6.44. The van der Waals surface area contributed by atoms with Gasteiger partial charge >= 0.3 is 0 Å². The number of aliphatic hydroxyl groups excluding tert-OH is 1. The Morgan fingerprint density at radius 1 is 1.45 bits per heavy atom. The minimum Gasteiger partial charge on any atom is -0.396 e. The van der Waals surface area contributed by atoms with Gasteiger partial charge in [-0.3, -0.25) is 4.79 Å². The molecule has 0 aliphatic heterocycles. The maximum Gasteiger partial charge on any atom is 0.242 e. The molecule has 1 aliphatic carbocycles. The van der Waals surface area contributed by atoms with Gasteiger partial charge in [0.05, 0.1) is 12.2 Å². The molecule has 6 nitrogen and oxygen atoms in total. The van der Waals surface area contributed by atoms with Crippen LogP contribution in [0.3, 0.4) is 0 Å². The Bertz CT molecular complexity index is 486. The highest BCUT2D eigenvalue weighted by molar-refractivity contribution is 5.93. The second kappa shape index (κ2) is 7.74. The summed E-state index contributed by atoms with van der Waals surface area (Å²) in [4.78, 5) is 12.4. The van der Waals surface area contributed by atoms with Crippen molar-refractivity contribution in [3.63, 3.8) is 0 Å². The van der Waals surface area contributed by atoms with E-state index in [4.69, 9.17) is 5.11 Å². The first-order chi connectivity index (χ1) is 10.5. The van der Waals surface area contributed by atoms with Crippen LogP contribution in [0.4, 0.5) is 5.82 Å². The number of aliphatic hydroxyl groups is 1. The van der Waals surface area contributed by atoms with Crippen LogP contribution in [0.5, 0.6) is 0 Å². The van der Waals surface area contributed by atoms with E-state index in [-0.39, 0.29) is 24.6 Å². The van der Waals surface area contributed by atoms with Crippen molar-refractivity contribution in [3.05, 3.63) is 12.3 Å². The first kappa shape index (κ1) is 17.0. The summed E-state index contributed by atoms with van der Waals surface area (Å²) >= 11 is 0. The van der Waals surface area contributed by atoms with E-state index in [1.54, 1.807) is 10.9 Å². The summed E-state index contributed by atoms with van der Waals surface area (Å²) in [7, 11) is 0. The van der Waals surface area contributed by atoms with Gasteiger partial charge in [0.25, 0.3) is 0 Å². The van der Waals surface area contributed by atoms with Gasteiger partial charge in [-0.25, -0.2) is 4.68 Å². The smallest absolute Gasteiger partial charge is 0.242 e. The molecule has 0 radical (unpaired) electrons. The Kier molecular flexibility index (Phi) is 5.97. The van der Waals surface area contributed by atoms with Crippen LogP contribution in [-0.4, -0.2) is 39.5 Å². The summed E-state index contributed by atoms with van der Waals surface area (Å²) in [5, 5.41) is 19.7. The highest BCUT2D eigenvalue weighted by Crippen LogP contribution is 2.28. The Morgan fingerprint density at radius 3 is 2.91 bits per heavy atom. The third-order valence-electron chi connectivity index (χ3n) is 4.43. The first-order valence-corrected chi connectivity index (χ1v) is 8.24. The zero-order chi connectivity index (χ0) is 16.1. The maximum absolute atomic E-state index is 12.4. The summed E-state index contributed by atoms with van der Waals surface area (Å²) in [6.07, 6.45) is 5.88. The number of nitrogens with one attached hydrogen (secondary N) is 2. The van der Waals surface area contributed by atoms with Crippen LogP contribution in [-0.2, 0) is 4.79 Å². The van der Waals surface area contributed by atoms with Crippen LogP contribution in [0.2, 0.25) is 0 Å². The molecule has 0 bridgehead atoms. The molecular weight excluding hydrogens is 280 g/mol. The third kappa shape index (κ3) is 4.08. The molecule has 3 atom stereocenters. The summed E-state index contributed by atoms with van der Waals surface area (Å²) < 4.78 is 1.80. The number of anilines is 1. The van der Waals surface area contributed by atoms with Crippen molar-refractivity contribution in [2.75, 3.05) is 11.9 Å². The van der Waals surface area contributed by atoms with Crippen LogP contribution in [0.1, 0.15) is 52.5 Å². The number of carbonyl (C=O) groups excluding carboxylic acids is 1. The molecule has 0 saturated heterocycles. The quantitative estimate of drug-likeness (QED) is 0.719. The lowest BCUT2D eigenvalue weighted by molar-refractivity contribution is -0.118. The molecule has 1 heterocycles. The minimum atomic E-state index is -0.264. The largest absolute Gasteiger partial charge is 0.396 e. The molecule has 1 fully saturated rings. The molecule has 22 heavy (non-hydrogen) atoms. The average molecular weight is 308 g/mol. The Balaban J connectivity index is 1.90. The van der Waals surface area contributed by atoms with Crippen molar-refractivity contribution in [1.82, 2.24) is 15.1 Å². The molecule has 3 N–H and O–H groups in total. The number of amides is 1. The predicted octanol–water partition coefficient (Wildman–Crippen LogP) is 1.93. The molecular formula is C16H28N4O2. The fraction of sp³-hybridized carbons (Fsp3) is 0.750. The van der Waals surface area contributed by atoms with Crippen molar-refractivity contribution in [1.29, 1.82) is 0 Å². The monoisotopic (exact) mass is 308 g/mol. The van der Waals surface area contributed by atoms with Gasteiger partial charge in [0.15, 0.2) is 0 Å². The van der Waals surface area contributed by atoms with Crippen molar-refractivity contribution in [2.24, 2.45) is 5.92 Å². The zero-order valence-corrected chi connectivity index (χ0v) is 13.7. The van der Waals surface area contributed by atoms with Crippen LogP contribution < -0.4 is 10.6 Å². The Labute approximate surface area is 132 Å². The highest BCUT2D eigenvalue weighted by atomic mass is 16.3. The average Bonchev–Trinajstić information content (AvgIpc) is 3.09. The van der Waals surface area contributed by atoms with Crippen molar-refractivity contribution < 1.29 is 9.90 Å². The van der Waals surface area contributed by atoms with Crippen LogP contribution in [0.25, 0.3) is 0 Å². The van der Waals surface area contributed by atoms with E-state index in [1.165, 1.54) is 0 Å². The minimum absolute atomic E-state index is 0.0444. The molecule has 0 unspecified atom stereocenters. The normalized spacial score (nSPS) is 23.0. The standard InChI is InChI=1S/C16H28N4O2/c1-11(2)20-15(7-9-17-20)19-16(22)12(3)18-14-6-4-5-13(14)8-10-21/h7,9,11-14,18,21H,4-6,8,10H2,1-3H3,(H,19,22)/t12-,13+,14-/m0/s1. The maximum atomic E-state index is 12.4. The number of nitrogens with zero attached hydrogens (tertiary/aromatic N) is 2. The fourth-order valence-corrected chi connectivity index (χ4v) is 3.22. The zero-order valence-electron chi connectivity index (χ0n) is 13.7. The summed E-state index contributed by atoms with van der Waals surface area (Å²) in [5.41, 5.74) is 0. The molecule has 1 amide bonds. The summed E-state index contributed by atoms with van der Waals surface area (Å²) in [6, 6.07) is 2.08. The first-order valence-electron chi connectivity index (χ1n) is 8.24. The van der Waals surface area contributed by atoms with E-state index >= 15 is 0 Å². The Morgan fingerprint density at radius 2 is 2.23 bits per heavy atom. The van der Waals surface area contributed by atoms with E-state index in [0.29, 0.717) is 12.0 Å². The van der Waals surface area contributed by atoms with Gasteiger partial charge in [0.2, 0.25) is 5.91 Å². The number of rotatable bonds is 7. The lowest BCUT2D eigenvalue weighted by atomic mass is 9.99. The van der Waals surface area contributed by atoms with Gasteiger partial charge in [-0.05, 0) is 46.0 Å². The topological polar surface area (TPSA) is 79.2 Å². The summed E-state index contributed by atoms with van der Waals surface area (Å²) in [5.74, 6) is 1.16. The second-order valence-electron chi connectivity index (χ2n) is 6.44.